The van der Waals surface area contributed by atoms with Crippen molar-refractivity contribution in [1.82, 2.24) is 0 Å². The average molecular weight is 254 g/mol. The monoisotopic (exact) mass is 254 g/mol. The van der Waals surface area contributed by atoms with Crippen molar-refractivity contribution in [2.24, 2.45) is 5.92 Å². The number of alkyl halides is 1. The second-order valence-corrected chi connectivity index (χ2v) is 4.35. The zero-order valence-corrected chi connectivity index (χ0v) is 7.87. The number of rotatable bonds is 1. The quantitative estimate of drug-likeness (QED) is 0.574. The minimum absolute atomic E-state index is 0.0747. The summed E-state index contributed by atoms with van der Waals surface area (Å²) in [6, 6.07) is 0. The Balaban J connectivity index is 2.47. The van der Waals surface area contributed by atoms with Gasteiger partial charge in [-0.1, -0.05) is 35.4 Å². The molecule has 0 aliphatic heterocycles. The van der Waals surface area contributed by atoms with Gasteiger partial charge in [-0.25, -0.2) is 0 Å². The van der Waals surface area contributed by atoms with E-state index in [1.165, 1.54) is 6.42 Å². The summed E-state index contributed by atoms with van der Waals surface area (Å²) < 4.78 is 0.365. The molecule has 0 bridgehead atoms. The van der Waals surface area contributed by atoms with Crippen LogP contribution in [-0.4, -0.2) is 15.0 Å². The van der Waals surface area contributed by atoms with E-state index in [-0.39, 0.29) is 5.92 Å². The average Bonchev–Trinajstić information content (AvgIpc) is 1.88. The first-order valence-corrected chi connectivity index (χ1v) is 4.83. The summed E-state index contributed by atoms with van der Waals surface area (Å²) in [6.45, 7) is 0. The van der Waals surface area contributed by atoms with Crippen molar-refractivity contribution in [2.75, 3.05) is 0 Å². The Morgan fingerprint density at radius 1 is 1.40 bits per heavy atom. The largest absolute Gasteiger partial charge is 0.481 e. The SMILES string of the molecule is O=C(O)[C@@H]1CCCC[C@H]1I. The Bertz CT molecular complexity index is 136. The molecule has 0 unspecified atom stereocenters. The standard InChI is InChI=1S/C7H11IO2/c8-6-4-2-1-3-5(6)7(9)10/h5-6H,1-4H2,(H,9,10)/t5-,6-/m1/s1. The first kappa shape index (κ1) is 8.30. The minimum atomic E-state index is -0.612. The van der Waals surface area contributed by atoms with Crippen LogP contribution in [0.3, 0.4) is 0 Å². The van der Waals surface area contributed by atoms with Crippen molar-refractivity contribution in [3.05, 3.63) is 0 Å². The summed E-state index contributed by atoms with van der Waals surface area (Å²) in [5.41, 5.74) is 0. The molecule has 0 spiro atoms. The summed E-state index contributed by atoms with van der Waals surface area (Å²) in [5, 5.41) is 8.70. The fraction of sp³-hybridized carbons (Fsp3) is 0.857. The molecule has 0 heterocycles. The van der Waals surface area contributed by atoms with E-state index in [0.717, 1.165) is 19.3 Å². The molecule has 0 aromatic rings. The molecule has 0 aromatic carbocycles. The number of halogens is 1. The van der Waals surface area contributed by atoms with Gasteiger partial charge in [0.05, 0.1) is 5.92 Å². The van der Waals surface area contributed by atoms with Crippen molar-refractivity contribution < 1.29 is 9.90 Å². The summed E-state index contributed by atoms with van der Waals surface area (Å²) in [4.78, 5) is 10.6. The Labute approximate surface area is 74.1 Å². The van der Waals surface area contributed by atoms with Crippen molar-refractivity contribution in [3.63, 3.8) is 0 Å². The van der Waals surface area contributed by atoms with Gasteiger partial charge < -0.3 is 5.11 Å². The van der Waals surface area contributed by atoms with Gasteiger partial charge in [0.25, 0.3) is 0 Å². The van der Waals surface area contributed by atoms with Crippen LogP contribution < -0.4 is 0 Å². The van der Waals surface area contributed by atoms with E-state index < -0.39 is 5.97 Å². The zero-order valence-electron chi connectivity index (χ0n) is 5.72. The summed E-state index contributed by atoms with van der Waals surface area (Å²) in [5.74, 6) is -0.687. The van der Waals surface area contributed by atoms with E-state index in [0.29, 0.717) is 3.92 Å². The van der Waals surface area contributed by atoms with E-state index in [2.05, 4.69) is 22.6 Å². The van der Waals surface area contributed by atoms with Crippen LogP contribution >= 0.6 is 22.6 Å². The minimum Gasteiger partial charge on any atom is -0.481 e. The molecule has 2 atom stereocenters. The van der Waals surface area contributed by atoms with Crippen molar-refractivity contribution in [3.8, 4) is 0 Å². The van der Waals surface area contributed by atoms with Crippen LogP contribution in [-0.2, 0) is 4.79 Å². The highest BCUT2D eigenvalue weighted by atomic mass is 127. The third-order valence-electron chi connectivity index (χ3n) is 2.00. The normalized spacial score (nSPS) is 33.7. The van der Waals surface area contributed by atoms with Gasteiger partial charge in [-0.15, -0.1) is 0 Å². The lowest BCUT2D eigenvalue weighted by atomic mass is 9.89. The Kier molecular flexibility index (Phi) is 2.95. The molecule has 1 aliphatic rings. The van der Waals surface area contributed by atoms with Crippen LogP contribution in [0.25, 0.3) is 0 Å². The smallest absolute Gasteiger partial charge is 0.307 e. The second kappa shape index (κ2) is 3.55. The number of hydrogen-bond donors (Lipinski definition) is 1. The summed E-state index contributed by atoms with van der Waals surface area (Å²) in [7, 11) is 0. The molecule has 1 saturated carbocycles. The van der Waals surface area contributed by atoms with Crippen LogP contribution in [0.1, 0.15) is 25.7 Å². The Morgan fingerprint density at radius 2 is 2.00 bits per heavy atom. The van der Waals surface area contributed by atoms with E-state index in [1.54, 1.807) is 0 Å². The molecule has 58 valence electrons. The maximum absolute atomic E-state index is 10.6. The molecular weight excluding hydrogens is 243 g/mol. The lowest BCUT2D eigenvalue weighted by Crippen LogP contribution is -2.26. The fourth-order valence-corrected chi connectivity index (χ4v) is 2.47. The van der Waals surface area contributed by atoms with Crippen molar-refractivity contribution in [2.45, 2.75) is 29.6 Å². The molecule has 1 aliphatic carbocycles. The lowest BCUT2D eigenvalue weighted by molar-refractivity contribution is -0.142. The maximum Gasteiger partial charge on any atom is 0.307 e. The predicted octanol–water partition coefficient (Wildman–Crippen LogP) is 2.06. The van der Waals surface area contributed by atoms with Gasteiger partial charge in [-0.05, 0) is 12.8 Å². The molecular formula is C7H11IO2. The first-order chi connectivity index (χ1) is 4.72. The Morgan fingerprint density at radius 3 is 2.40 bits per heavy atom. The van der Waals surface area contributed by atoms with Gasteiger partial charge in [-0.3, -0.25) is 4.79 Å². The third-order valence-corrected chi connectivity index (χ3v) is 3.49. The zero-order chi connectivity index (χ0) is 7.56. The van der Waals surface area contributed by atoms with E-state index >= 15 is 0 Å². The summed E-state index contributed by atoms with van der Waals surface area (Å²) >= 11 is 2.25. The molecule has 1 N–H and O–H groups in total. The van der Waals surface area contributed by atoms with E-state index in [1.807, 2.05) is 0 Å². The van der Waals surface area contributed by atoms with E-state index in [4.69, 9.17) is 5.11 Å². The highest BCUT2D eigenvalue weighted by molar-refractivity contribution is 14.1. The lowest BCUT2D eigenvalue weighted by Gasteiger charge is -2.23. The second-order valence-electron chi connectivity index (χ2n) is 2.75. The number of carboxylic acids is 1. The van der Waals surface area contributed by atoms with Gasteiger partial charge in [0.1, 0.15) is 0 Å². The highest BCUT2D eigenvalue weighted by Crippen LogP contribution is 2.30. The van der Waals surface area contributed by atoms with Crippen LogP contribution in [0.5, 0.6) is 0 Å². The molecule has 0 amide bonds. The van der Waals surface area contributed by atoms with Gasteiger partial charge in [0.2, 0.25) is 0 Å². The molecule has 1 rings (SSSR count). The molecule has 1 fully saturated rings. The number of hydrogen-bond acceptors (Lipinski definition) is 1. The van der Waals surface area contributed by atoms with Crippen LogP contribution in [0, 0.1) is 5.92 Å². The topological polar surface area (TPSA) is 37.3 Å². The molecule has 0 saturated heterocycles. The van der Waals surface area contributed by atoms with Crippen LogP contribution in [0.4, 0.5) is 0 Å². The van der Waals surface area contributed by atoms with E-state index in [9.17, 15) is 4.79 Å². The molecule has 0 radical (unpaired) electrons. The van der Waals surface area contributed by atoms with Gasteiger partial charge >= 0.3 is 5.97 Å². The molecule has 10 heavy (non-hydrogen) atoms. The fourth-order valence-electron chi connectivity index (χ4n) is 1.36. The highest BCUT2D eigenvalue weighted by Gasteiger charge is 2.28. The molecule has 2 nitrogen and oxygen atoms in total. The van der Waals surface area contributed by atoms with Crippen molar-refractivity contribution >= 4 is 28.6 Å². The Hall–Kier alpha value is 0.200. The third kappa shape index (κ3) is 1.84. The van der Waals surface area contributed by atoms with Gasteiger partial charge in [0.15, 0.2) is 0 Å². The van der Waals surface area contributed by atoms with Gasteiger partial charge in [-0.2, -0.15) is 0 Å². The molecule has 3 heteroatoms. The number of aliphatic carboxylic acids is 1. The summed E-state index contributed by atoms with van der Waals surface area (Å²) in [6.07, 6.45) is 4.26. The first-order valence-electron chi connectivity index (χ1n) is 3.58. The van der Waals surface area contributed by atoms with Gasteiger partial charge in [0, 0.05) is 3.92 Å². The maximum atomic E-state index is 10.6. The number of carboxylic acid groups (broad SMARTS) is 1. The van der Waals surface area contributed by atoms with Crippen LogP contribution in [0.2, 0.25) is 0 Å². The van der Waals surface area contributed by atoms with Crippen molar-refractivity contribution in [1.29, 1.82) is 0 Å². The number of carbonyl (C=O) groups is 1. The van der Waals surface area contributed by atoms with Crippen LogP contribution in [0.15, 0.2) is 0 Å². The molecule has 0 aromatic heterocycles. The predicted molar refractivity (Wildman–Crippen MR) is 47.4 cm³/mol.